The Kier molecular flexibility index (Phi) is 6.43. The van der Waals surface area contributed by atoms with Crippen LogP contribution in [0, 0.1) is 5.82 Å². The Labute approximate surface area is 177 Å². The van der Waals surface area contributed by atoms with Crippen LogP contribution < -0.4 is 9.64 Å². The third kappa shape index (κ3) is 4.70. The van der Waals surface area contributed by atoms with Gasteiger partial charge in [0.1, 0.15) is 24.5 Å². The van der Waals surface area contributed by atoms with E-state index in [1.807, 2.05) is 6.07 Å². The summed E-state index contributed by atoms with van der Waals surface area (Å²) in [4.78, 5) is 12.9. The fraction of sp³-hybridized carbons (Fsp3) is 0.269. The monoisotopic (exact) mass is 403 g/mol. The SMILES string of the molecule is O=CCCc1ccc(OCc2cccc3c2CCCN3Cc2ccccc2)cc1F. The van der Waals surface area contributed by atoms with Gasteiger partial charge in [-0.1, -0.05) is 48.5 Å². The first-order valence-electron chi connectivity index (χ1n) is 10.5. The molecule has 0 radical (unpaired) electrons. The number of anilines is 1. The molecule has 0 aromatic heterocycles. The number of fused-ring (bicyclic) bond motifs is 1. The van der Waals surface area contributed by atoms with E-state index in [1.54, 1.807) is 12.1 Å². The molecule has 0 bridgehead atoms. The summed E-state index contributed by atoms with van der Waals surface area (Å²) in [6.45, 7) is 2.35. The number of hydrogen-bond acceptors (Lipinski definition) is 3. The first-order valence-corrected chi connectivity index (χ1v) is 10.5. The molecule has 0 N–H and O–H groups in total. The predicted molar refractivity (Wildman–Crippen MR) is 117 cm³/mol. The fourth-order valence-corrected chi connectivity index (χ4v) is 4.07. The van der Waals surface area contributed by atoms with Crippen molar-refractivity contribution in [3.05, 3.63) is 94.8 Å². The second kappa shape index (κ2) is 9.57. The Morgan fingerprint density at radius 3 is 2.67 bits per heavy atom. The summed E-state index contributed by atoms with van der Waals surface area (Å²) < 4.78 is 20.2. The lowest BCUT2D eigenvalue weighted by atomic mass is 9.96. The van der Waals surface area contributed by atoms with E-state index in [-0.39, 0.29) is 5.82 Å². The van der Waals surface area contributed by atoms with Crippen molar-refractivity contribution in [2.24, 2.45) is 0 Å². The molecule has 4 heteroatoms. The molecule has 3 aromatic rings. The van der Waals surface area contributed by atoms with Gasteiger partial charge < -0.3 is 14.4 Å². The van der Waals surface area contributed by atoms with E-state index in [9.17, 15) is 9.18 Å². The second-order valence-corrected chi connectivity index (χ2v) is 7.67. The smallest absolute Gasteiger partial charge is 0.130 e. The zero-order valence-corrected chi connectivity index (χ0v) is 17.0. The Morgan fingerprint density at radius 2 is 1.87 bits per heavy atom. The van der Waals surface area contributed by atoms with Crippen LogP contribution in [0.3, 0.4) is 0 Å². The Bertz CT molecular complexity index is 1000. The number of carbonyl (C=O) groups is 1. The van der Waals surface area contributed by atoms with Gasteiger partial charge in [-0.2, -0.15) is 0 Å². The van der Waals surface area contributed by atoms with Crippen LogP contribution in [-0.4, -0.2) is 12.8 Å². The van der Waals surface area contributed by atoms with E-state index >= 15 is 0 Å². The van der Waals surface area contributed by atoms with Gasteiger partial charge in [-0.15, -0.1) is 0 Å². The number of carbonyl (C=O) groups excluding carboxylic acids is 1. The van der Waals surface area contributed by atoms with Crippen LogP contribution in [-0.2, 0) is 30.8 Å². The van der Waals surface area contributed by atoms with Crippen molar-refractivity contribution < 1.29 is 13.9 Å². The highest BCUT2D eigenvalue weighted by Crippen LogP contribution is 2.32. The van der Waals surface area contributed by atoms with Crippen LogP contribution >= 0.6 is 0 Å². The van der Waals surface area contributed by atoms with Crippen molar-refractivity contribution in [3.8, 4) is 5.75 Å². The molecular formula is C26H26FNO2. The summed E-state index contributed by atoms with van der Waals surface area (Å²) >= 11 is 0. The van der Waals surface area contributed by atoms with E-state index in [2.05, 4.69) is 47.4 Å². The molecule has 0 aliphatic carbocycles. The van der Waals surface area contributed by atoms with Gasteiger partial charge in [0, 0.05) is 31.3 Å². The van der Waals surface area contributed by atoms with Crippen molar-refractivity contribution in [3.63, 3.8) is 0 Å². The summed E-state index contributed by atoms with van der Waals surface area (Å²) in [5.41, 5.74) is 5.58. The third-order valence-corrected chi connectivity index (χ3v) is 5.61. The van der Waals surface area contributed by atoms with Gasteiger partial charge in [0.05, 0.1) is 0 Å². The third-order valence-electron chi connectivity index (χ3n) is 5.61. The quantitative estimate of drug-likeness (QED) is 0.466. The largest absolute Gasteiger partial charge is 0.489 e. The maximum absolute atomic E-state index is 14.2. The van der Waals surface area contributed by atoms with Crippen LogP contribution in [0.2, 0.25) is 0 Å². The number of rotatable bonds is 8. The molecule has 1 aliphatic rings. The van der Waals surface area contributed by atoms with Gasteiger partial charge in [-0.25, -0.2) is 4.39 Å². The first kappa shape index (κ1) is 20.1. The summed E-state index contributed by atoms with van der Waals surface area (Å²) in [5.74, 6) is 0.190. The highest BCUT2D eigenvalue weighted by molar-refractivity contribution is 5.59. The van der Waals surface area contributed by atoms with E-state index < -0.39 is 0 Å². The number of benzene rings is 3. The molecule has 0 saturated heterocycles. The molecule has 0 fully saturated rings. The molecule has 154 valence electrons. The average molecular weight is 403 g/mol. The summed E-state index contributed by atoms with van der Waals surface area (Å²) in [7, 11) is 0. The lowest BCUT2D eigenvalue weighted by Crippen LogP contribution is -2.29. The molecular weight excluding hydrogens is 377 g/mol. The van der Waals surface area contributed by atoms with E-state index in [1.165, 1.54) is 22.9 Å². The van der Waals surface area contributed by atoms with Crippen molar-refractivity contribution in [1.82, 2.24) is 0 Å². The normalized spacial score (nSPS) is 13.0. The minimum absolute atomic E-state index is 0.321. The molecule has 1 heterocycles. The topological polar surface area (TPSA) is 29.5 Å². The zero-order chi connectivity index (χ0) is 20.8. The number of aldehydes is 1. The highest BCUT2D eigenvalue weighted by Gasteiger charge is 2.19. The van der Waals surface area contributed by atoms with Crippen molar-refractivity contribution in [2.45, 2.75) is 38.8 Å². The molecule has 0 amide bonds. The Morgan fingerprint density at radius 1 is 1.00 bits per heavy atom. The molecule has 3 aromatic carbocycles. The van der Waals surface area contributed by atoms with Crippen LogP contribution in [0.5, 0.6) is 5.75 Å². The van der Waals surface area contributed by atoms with Gasteiger partial charge in [-0.3, -0.25) is 0 Å². The number of hydrogen-bond donors (Lipinski definition) is 0. The number of ether oxygens (including phenoxy) is 1. The van der Waals surface area contributed by atoms with Crippen LogP contribution in [0.15, 0.2) is 66.7 Å². The molecule has 0 atom stereocenters. The average Bonchev–Trinajstić information content (AvgIpc) is 2.78. The maximum atomic E-state index is 14.2. The van der Waals surface area contributed by atoms with Crippen molar-refractivity contribution in [2.75, 3.05) is 11.4 Å². The summed E-state index contributed by atoms with van der Waals surface area (Å²) in [5, 5.41) is 0. The van der Waals surface area contributed by atoms with Gasteiger partial charge in [0.15, 0.2) is 0 Å². The van der Waals surface area contributed by atoms with Crippen LogP contribution in [0.25, 0.3) is 0 Å². The zero-order valence-electron chi connectivity index (χ0n) is 17.0. The molecule has 1 aliphatic heterocycles. The fourth-order valence-electron chi connectivity index (χ4n) is 4.07. The van der Waals surface area contributed by atoms with Crippen molar-refractivity contribution >= 4 is 12.0 Å². The standard InChI is InChI=1S/C26H26FNO2/c27-25-17-23(14-13-21(25)10-6-16-29)30-19-22-9-4-12-26-24(22)11-5-15-28(26)18-20-7-2-1-3-8-20/h1-4,7-9,12-14,16-17H,5-6,10-11,15,18-19H2. The van der Waals surface area contributed by atoms with E-state index in [4.69, 9.17) is 4.74 Å². The highest BCUT2D eigenvalue weighted by atomic mass is 19.1. The van der Waals surface area contributed by atoms with Gasteiger partial charge in [0.25, 0.3) is 0 Å². The lowest BCUT2D eigenvalue weighted by molar-refractivity contribution is -0.107. The molecule has 30 heavy (non-hydrogen) atoms. The lowest BCUT2D eigenvalue weighted by Gasteiger charge is -2.32. The molecule has 0 saturated carbocycles. The molecule has 4 rings (SSSR count). The maximum Gasteiger partial charge on any atom is 0.130 e. The number of aryl methyl sites for hydroxylation is 1. The van der Waals surface area contributed by atoms with E-state index in [0.717, 1.165) is 37.8 Å². The number of nitrogens with zero attached hydrogens (tertiary/aromatic N) is 1. The Hall–Kier alpha value is -3.14. The van der Waals surface area contributed by atoms with Gasteiger partial charge in [0.2, 0.25) is 0 Å². The Balaban J connectivity index is 1.47. The second-order valence-electron chi connectivity index (χ2n) is 7.67. The minimum atomic E-state index is -0.321. The summed E-state index contributed by atoms with van der Waals surface area (Å²) in [6.07, 6.45) is 3.69. The molecule has 0 unspecified atom stereocenters. The molecule has 3 nitrogen and oxygen atoms in total. The predicted octanol–water partition coefficient (Wildman–Crippen LogP) is 5.49. The summed E-state index contributed by atoms with van der Waals surface area (Å²) in [6, 6.07) is 21.8. The molecule has 0 spiro atoms. The number of halogens is 1. The van der Waals surface area contributed by atoms with E-state index in [0.29, 0.717) is 30.8 Å². The van der Waals surface area contributed by atoms with Crippen LogP contribution in [0.4, 0.5) is 10.1 Å². The minimum Gasteiger partial charge on any atom is -0.489 e. The van der Waals surface area contributed by atoms with Gasteiger partial charge in [-0.05, 0) is 53.6 Å². The first-order chi connectivity index (χ1) is 14.7. The van der Waals surface area contributed by atoms with Gasteiger partial charge >= 0.3 is 0 Å². The van der Waals surface area contributed by atoms with Crippen LogP contribution in [0.1, 0.15) is 35.1 Å². The van der Waals surface area contributed by atoms with Crippen molar-refractivity contribution in [1.29, 1.82) is 0 Å².